The number of benzene rings is 1. The zero-order valence-corrected chi connectivity index (χ0v) is 11.7. The van der Waals surface area contributed by atoms with Crippen molar-refractivity contribution in [2.75, 3.05) is 11.4 Å². The van der Waals surface area contributed by atoms with Crippen LogP contribution in [0.3, 0.4) is 0 Å². The smallest absolute Gasteiger partial charge is 0.280 e. The van der Waals surface area contributed by atoms with E-state index in [9.17, 15) is 14.9 Å². The first-order valence-corrected chi connectivity index (χ1v) is 7.17. The summed E-state index contributed by atoms with van der Waals surface area (Å²) in [7, 11) is 0. The van der Waals surface area contributed by atoms with Crippen LogP contribution in [-0.4, -0.2) is 23.8 Å². The summed E-state index contributed by atoms with van der Waals surface area (Å²) in [5, 5.41) is 10.9. The topological polar surface area (TPSA) is 63.4 Å². The molecule has 1 atom stereocenters. The number of piperidine rings is 1. The average molecular weight is 276 g/mol. The minimum absolute atomic E-state index is 0.118. The quantitative estimate of drug-likeness (QED) is 0.468. The second-order valence-electron chi connectivity index (χ2n) is 5.25. The molecule has 0 saturated carbocycles. The van der Waals surface area contributed by atoms with Crippen molar-refractivity contribution in [3.8, 4) is 0 Å². The lowest BCUT2D eigenvalue weighted by molar-refractivity contribution is -0.385. The lowest BCUT2D eigenvalue weighted by Crippen LogP contribution is -2.39. The first-order chi connectivity index (χ1) is 9.67. The molecule has 5 heteroatoms. The molecule has 20 heavy (non-hydrogen) atoms. The molecule has 0 spiro atoms. The van der Waals surface area contributed by atoms with Crippen molar-refractivity contribution in [3.05, 3.63) is 33.9 Å². The van der Waals surface area contributed by atoms with Gasteiger partial charge in [0.1, 0.15) is 0 Å². The molecule has 2 rings (SSSR count). The number of aldehydes is 1. The van der Waals surface area contributed by atoms with Gasteiger partial charge in [-0.15, -0.1) is 0 Å². The molecular formula is C15H20N2O3. The van der Waals surface area contributed by atoms with Gasteiger partial charge in [-0.25, -0.2) is 0 Å². The molecule has 0 bridgehead atoms. The molecule has 0 radical (unpaired) electrons. The maximum atomic E-state index is 11.1. The Morgan fingerprint density at radius 3 is 2.90 bits per heavy atom. The van der Waals surface area contributed by atoms with Crippen LogP contribution >= 0.6 is 0 Å². The summed E-state index contributed by atoms with van der Waals surface area (Å²) in [6.45, 7) is 3.13. The highest BCUT2D eigenvalue weighted by Crippen LogP contribution is 2.30. The van der Waals surface area contributed by atoms with Crippen LogP contribution in [0, 0.1) is 10.1 Å². The molecule has 1 aliphatic rings. The molecule has 0 amide bonds. The van der Waals surface area contributed by atoms with E-state index in [1.807, 2.05) is 0 Å². The Hall–Kier alpha value is -1.91. The van der Waals surface area contributed by atoms with Gasteiger partial charge in [0.15, 0.2) is 6.29 Å². The molecule has 0 aliphatic carbocycles. The van der Waals surface area contributed by atoms with Crippen LogP contribution in [0.15, 0.2) is 18.2 Å². The number of nitrogens with zero attached hydrogens (tertiary/aromatic N) is 2. The number of nitro groups is 1. The van der Waals surface area contributed by atoms with Crippen molar-refractivity contribution in [3.63, 3.8) is 0 Å². The first-order valence-electron chi connectivity index (χ1n) is 7.17. The summed E-state index contributed by atoms with van der Waals surface area (Å²) >= 11 is 0. The number of carbonyl (C=O) groups excluding carboxylic acids is 1. The molecule has 1 aromatic carbocycles. The van der Waals surface area contributed by atoms with E-state index in [4.69, 9.17) is 0 Å². The predicted molar refractivity (Wildman–Crippen MR) is 78.4 cm³/mol. The number of anilines is 1. The molecule has 0 aromatic heterocycles. The van der Waals surface area contributed by atoms with Gasteiger partial charge in [0.2, 0.25) is 0 Å². The zero-order valence-electron chi connectivity index (χ0n) is 11.7. The third-order valence-electron chi connectivity index (χ3n) is 3.92. The van der Waals surface area contributed by atoms with Gasteiger partial charge in [-0.05, 0) is 37.8 Å². The molecule has 1 aromatic rings. The van der Waals surface area contributed by atoms with Crippen LogP contribution in [0.25, 0.3) is 0 Å². The van der Waals surface area contributed by atoms with E-state index in [1.165, 1.54) is 12.5 Å². The molecule has 1 heterocycles. The number of carbonyl (C=O) groups is 1. The number of rotatable bonds is 5. The van der Waals surface area contributed by atoms with E-state index < -0.39 is 4.92 Å². The molecule has 5 nitrogen and oxygen atoms in total. The number of hydrogen-bond acceptors (Lipinski definition) is 4. The summed E-state index contributed by atoms with van der Waals surface area (Å²) in [5.74, 6) is 0. The Kier molecular flexibility index (Phi) is 4.71. The van der Waals surface area contributed by atoms with Gasteiger partial charge >= 0.3 is 0 Å². The van der Waals surface area contributed by atoms with Crippen LogP contribution in [0.4, 0.5) is 11.4 Å². The van der Waals surface area contributed by atoms with Crippen LogP contribution in [0.1, 0.15) is 49.4 Å². The number of hydrogen-bond donors (Lipinski definition) is 0. The van der Waals surface area contributed by atoms with E-state index in [-0.39, 0.29) is 11.3 Å². The van der Waals surface area contributed by atoms with Gasteiger partial charge in [0.25, 0.3) is 5.69 Å². The summed E-state index contributed by atoms with van der Waals surface area (Å²) < 4.78 is 0. The van der Waals surface area contributed by atoms with Crippen molar-refractivity contribution in [2.24, 2.45) is 0 Å². The summed E-state index contributed by atoms with van der Waals surface area (Å²) in [4.78, 5) is 23.7. The van der Waals surface area contributed by atoms with Crippen LogP contribution in [0.5, 0.6) is 0 Å². The Balaban J connectivity index is 2.31. The minimum atomic E-state index is -0.507. The highest BCUT2D eigenvalue weighted by Gasteiger charge is 2.23. The Morgan fingerprint density at radius 1 is 1.45 bits per heavy atom. The fourth-order valence-electron chi connectivity index (χ4n) is 2.96. The van der Waals surface area contributed by atoms with Gasteiger partial charge in [0, 0.05) is 24.3 Å². The highest BCUT2D eigenvalue weighted by atomic mass is 16.6. The lowest BCUT2D eigenvalue weighted by Gasteiger charge is -2.37. The molecular weight excluding hydrogens is 256 g/mol. The van der Waals surface area contributed by atoms with E-state index in [0.29, 0.717) is 12.3 Å². The van der Waals surface area contributed by atoms with Gasteiger partial charge in [0.05, 0.1) is 10.5 Å². The summed E-state index contributed by atoms with van der Waals surface area (Å²) in [5.41, 5.74) is 0.969. The second-order valence-corrected chi connectivity index (χ2v) is 5.25. The van der Waals surface area contributed by atoms with Crippen molar-refractivity contribution in [1.29, 1.82) is 0 Å². The fourth-order valence-corrected chi connectivity index (χ4v) is 2.96. The van der Waals surface area contributed by atoms with Crippen molar-refractivity contribution in [2.45, 2.75) is 45.1 Å². The van der Waals surface area contributed by atoms with Crippen LogP contribution < -0.4 is 4.90 Å². The molecule has 1 fully saturated rings. The maximum absolute atomic E-state index is 11.1. The monoisotopic (exact) mass is 276 g/mol. The van der Waals surface area contributed by atoms with Gasteiger partial charge in [-0.2, -0.15) is 0 Å². The average Bonchev–Trinajstić information content (AvgIpc) is 2.47. The van der Waals surface area contributed by atoms with Crippen molar-refractivity contribution >= 4 is 17.7 Å². The largest absolute Gasteiger partial charge is 0.369 e. The third-order valence-corrected chi connectivity index (χ3v) is 3.92. The first kappa shape index (κ1) is 14.5. The molecule has 1 saturated heterocycles. The van der Waals surface area contributed by atoms with Crippen molar-refractivity contribution < 1.29 is 9.72 Å². The summed E-state index contributed by atoms with van der Waals surface area (Å²) in [6.07, 6.45) is 6.33. The normalized spacial score (nSPS) is 18.9. The van der Waals surface area contributed by atoms with E-state index in [1.54, 1.807) is 12.1 Å². The molecule has 108 valence electrons. The molecule has 0 N–H and O–H groups in total. The number of nitro benzene ring substituents is 1. The van der Waals surface area contributed by atoms with E-state index in [2.05, 4.69) is 11.8 Å². The Labute approximate surface area is 118 Å². The predicted octanol–water partition coefficient (Wildman–Crippen LogP) is 3.57. The Morgan fingerprint density at radius 2 is 2.25 bits per heavy atom. The summed E-state index contributed by atoms with van der Waals surface area (Å²) in [6, 6.07) is 5.34. The van der Waals surface area contributed by atoms with Crippen LogP contribution in [0.2, 0.25) is 0 Å². The highest BCUT2D eigenvalue weighted by molar-refractivity contribution is 5.83. The van der Waals surface area contributed by atoms with Gasteiger partial charge in [-0.3, -0.25) is 14.9 Å². The molecule has 1 aliphatic heterocycles. The van der Waals surface area contributed by atoms with Crippen LogP contribution in [-0.2, 0) is 0 Å². The van der Waals surface area contributed by atoms with Gasteiger partial charge < -0.3 is 4.90 Å². The molecule has 1 unspecified atom stereocenters. The van der Waals surface area contributed by atoms with Gasteiger partial charge in [-0.1, -0.05) is 13.3 Å². The van der Waals surface area contributed by atoms with Crippen molar-refractivity contribution in [1.82, 2.24) is 0 Å². The van der Waals surface area contributed by atoms with E-state index in [0.717, 1.165) is 37.9 Å². The van der Waals surface area contributed by atoms with E-state index >= 15 is 0 Å². The standard InChI is InChI=1S/C15H20N2O3/c1-2-5-13-6-3-4-9-16(13)14-7-8-15(17(19)20)12(10-14)11-18/h7-8,10-11,13H,2-6,9H2,1H3. The zero-order chi connectivity index (χ0) is 14.5. The third kappa shape index (κ3) is 2.98. The maximum Gasteiger partial charge on any atom is 0.280 e. The SMILES string of the molecule is CCCC1CCCCN1c1ccc([N+](=O)[O-])c(C=O)c1. The Bertz CT molecular complexity index is 500. The minimum Gasteiger partial charge on any atom is -0.369 e. The fraction of sp³-hybridized carbons (Fsp3) is 0.533. The second kappa shape index (κ2) is 6.50. The lowest BCUT2D eigenvalue weighted by atomic mass is 9.97.